The summed E-state index contributed by atoms with van der Waals surface area (Å²) in [7, 11) is 0. The molecule has 0 aliphatic rings. The Labute approximate surface area is 128 Å². The van der Waals surface area contributed by atoms with Gasteiger partial charge in [0.15, 0.2) is 0 Å². The number of amides is 1. The lowest BCUT2D eigenvalue weighted by Crippen LogP contribution is -2.49. The number of hydrogen-bond acceptors (Lipinski definition) is 3. The Morgan fingerprint density at radius 1 is 1.26 bits per heavy atom. The molecular weight excluding hydrogens is 374 g/mol. The van der Waals surface area contributed by atoms with Gasteiger partial charge in [0, 0.05) is 23.1 Å². The van der Waals surface area contributed by atoms with E-state index in [4.69, 9.17) is 0 Å². The lowest BCUT2D eigenvalue weighted by molar-refractivity contribution is 0.0924. The van der Waals surface area contributed by atoms with Gasteiger partial charge in [-0.15, -0.1) is 0 Å². The van der Waals surface area contributed by atoms with Crippen LogP contribution in [0.25, 0.3) is 11.0 Å². The molecule has 100 valence electrons. The number of fused-ring (bicyclic) bond motifs is 1. The Morgan fingerprint density at radius 2 is 1.95 bits per heavy atom. The van der Waals surface area contributed by atoms with Crippen molar-refractivity contribution < 1.29 is 4.79 Å². The predicted molar refractivity (Wildman–Crippen MR) is 83.0 cm³/mol. The van der Waals surface area contributed by atoms with Gasteiger partial charge in [-0.2, -0.15) is 0 Å². The highest BCUT2D eigenvalue weighted by atomic mass is 79.9. The zero-order valence-electron chi connectivity index (χ0n) is 10.4. The lowest BCUT2D eigenvalue weighted by Gasteiger charge is -2.26. The number of hydrogen-bond donors (Lipinski definition) is 1. The standard InChI is InChI=1S/C13H13Br2N3O/c1-13(7-14,8-15)18-12(19)9-3-2-4-10-11(9)17-6-5-16-10/h2-6H,7-8H2,1H3,(H,18,19). The van der Waals surface area contributed by atoms with Crippen molar-refractivity contribution >= 4 is 48.8 Å². The Kier molecular flexibility index (Phi) is 4.52. The van der Waals surface area contributed by atoms with Gasteiger partial charge >= 0.3 is 0 Å². The maximum absolute atomic E-state index is 12.4. The van der Waals surface area contributed by atoms with Crippen molar-refractivity contribution in [2.45, 2.75) is 12.5 Å². The molecule has 1 N–H and O–H groups in total. The summed E-state index contributed by atoms with van der Waals surface area (Å²) in [6.07, 6.45) is 3.21. The van der Waals surface area contributed by atoms with Crippen LogP contribution in [0.3, 0.4) is 0 Å². The molecule has 2 aromatic rings. The molecule has 1 amide bonds. The average molecular weight is 387 g/mol. The van der Waals surface area contributed by atoms with Crippen LogP contribution in [0.4, 0.5) is 0 Å². The van der Waals surface area contributed by atoms with Crippen LogP contribution in [0.5, 0.6) is 0 Å². The fourth-order valence-corrected chi connectivity index (χ4v) is 2.83. The number of rotatable bonds is 4. The van der Waals surface area contributed by atoms with E-state index >= 15 is 0 Å². The minimum Gasteiger partial charge on any atom is -0.345 e. The van der Waals surface area contributed by atoms with Crippen LogP contribution in [0.15, 0.2) is 30.6 Å². The zero-order chi connectivity index (χ0) is 13.9. The average Bonchev–Trinajstić information content (AvgIpc) is 2.46. The van der Waals surface area contributed by atoms with Gasteiger partial charge in [0.2, 0.25) is 0 Å². The largest absolute Gasteiger partial charge is 0.345 e. The number of nitrogens with one attached hydrogen (secondary N) is 1. The molecule has 0 unspecified atom stereocenters. The fourth-order valence-electron chi connectivity index (χ4n) is 1.62. The van der Waals surface area contributed by atoms with E-state index in [2.05, 4.69) is 47.1 Å². The first-order valence-electron chi connectivity index (χ1n) is 5.74. The summed E-state index contributed by atoms with van der Waals surface area (Å²) in [5.74, 6) is -0.146. The first-order valence-corrected chi connectivity index (χ1v) is 7.98. The van der Waals surface area contributed by atoms with E-state index in [1.165, 1.54) is 0 Å². The number of aromatic nitrogens is 2. The van der Waals surface area contributed by atoms with Crippen LogP contribution in [-0.4, -0.2) is 32.1 Å². The van der Waals surface area contributed by atoms with Crippen molar-refractivity contribution in [3.05, 3.63) is 36.2 Å². The second-order valence-electron chi connectivity index (χ2n) is 4.51. The number of benzene rings is 1. The van der Waals surface area contributed by atoms with Crippen molar-refractivity contribution in [3.63, 3.8) is 0 Å². The summed E-state index contributed by atoms with van der Waals surface area (Å²) >= 11 is 6.82. The second-order valence-corrected chi connectivity index (χ2v) is 5.63. The topological polar surface area (TPSA) is 54.9 Å². The van der Waals surface area contributed by atoms with Gasteiger partial charge < -0.3 is 5.32 Å². The van der Waals surface area contributed by atoms with E-state index < -0.39 is 0 Å². The molecule has 2 rings (SSSR count). The smallest absolute Gasteiger partial charge is 0.254 e. The third kappa shape index (κ3) is 3.12. The molecule has 0 aliphatic heterocycles. The number of alkyl halides is 2. The molecule has 0 saturated heterocycles. The Hall–Kier alpha value is -1.01. The molecular formula is C13H13Br2N3O. The number of carbonyl (C=O) groups excluding carboxylic acids is 1. The van der Waals surface area contributed by atoms with Gasteiger partial charge in [-0.25, -0.2) is 0 Å². The third-order valence-electron chi connectivity index (χ3n) is 2.75. The van der Waals surface area contributed by atoms with E-state index in [9.17, 15) is 4.79 Å². The van der Waals surface area contributed by atoms with E-state index in [-0.39, 0.29) is 11.4 Å². The van der Waals surface area contributed by atoms with Crippen LogP contribution in [0, 0.1) is 0 Å². The van der Waals surface area contributed by atoms with E-state index in [1.807, 2.05) is 19.1 Å². The highest BCUT2D eigenvalue weighted by Crippen LogP contribution is 2.17. The number of para-hydroxylation sites is 1. The van der Waals surface area contributed by atoms with E-state index in [0.717, 1.165) is 5.52 Å². The SMILES string of the molecule is CC(CBr)(CBr)NC(=O)c1cccc2nccnc12. The molecule has 4 nitrogen and oxygen atoms in total. The fraction of sp³-hybridized carbons (Fsp3) is 0.308. The molecule has 6 heteroatoms. The molecule has 1 aromatic heterocycles. The molecule has 0 atom stereocenters. The summed E-state index contributed by atoms with van der Waals surface area (Å²) in [5, 5.41) is 4.32. The number of halogens is 2. The van der Waals surface area contributed by atoms with Crippen molar-refractivity contribution in [2.75, 3.05) is 10.7 Å². The van der Waals surface area contributed by atoms with Crippen LogP contribution in [0.1, 0.15) is 17.3 Å². The van der Waals surface area contributed by atoms with Gasteiger partial charge in [0.25, 0.3) is 5.91 Å². The van der Waals surface area contributed by atoms with Crippen molar-refractivity contribution in [2.24, 2.45) is 0 Å². The first kappa shape index (κ1) is 14.4. The summed E-state index contributed by atoms with van der Waals surface area (Å²) < 4.78 is 0. The molecule has 0 fully saturated rings. The minimum atomic E-state index is -0.346. The molecule has 0 saturated carbocycles. The van der Waals surface area contributed by atoms with Gasteiger partial charge in [-0.05, 0) is 19.1 Å². The van der Waals surface area contributed by atoms with Crippen LogP contribution in [0.2, 0.25) is 0 Å². The lowest BCUT2D eigenvalue weighted by atomic mass is 10.1. The van der Waals surface area contributed by atoms with Gasteiger partial charge in [-0.1, -0.05) is 37.9 Å². The van der Waals surface area contributed by atoms with Crippen molar-refractivity contribution in [1.82, 2.24) is 15.3 Å². The first-order chi connectivity index (χ1) is 9.09. The Balaban J connectivity index is 2.37. The maximum atomic E-state index is 12.4. The molecule has 1 heterocycles. The molecule has 0 bridgehead atoms. The summed E-state index contributed by atoms with van der Waals surface area (Å²) in [4.78, 5) is 20.8. The summed E-state index contributed by atoms with van der Waals surface area (Å²) in [6.45, 7) is 1.96. The molecule has 19 heavy (non-hydrogen) atoms. The molecule has 1 aromatic carbocycles. The normalized spacial score (nSPS) is 11.5. The van der Waals surface area contributed by atoms with Crippen LogP contribution in [-0.2, 0) is 0 Å². The number of nitrogens with zero attached hydrogens (tertiary/aromatic N) is 2. The van der Waals surface area contributed by atoms with Gasteiger partial charge in [-0.3, -0.25) is 14.8 Å². The number of carbonyl (C=O) groups is 1. The highest BCUT2D eigenvalue weighted by Gasteiger charge is 2.25. The van der Waals surface area contributed by atoms with E-state index in [0.29, 0.717) is 21.7 Å². The monoisotopic (exact) mass is 385 g/mol. The minimum absolute atomic E-state index is 0.146. The molecule has 0 aliphatic carbocycles. The quantitative estimate of drug-likeness (QED) is 0.822. The highest BCUT2D eigenvalue weighted by molar-refractivity contribution is 9.09. The predicted octanol–water partition coefficient (Wildman–Crippen LogP) is 2.91. The van der Waals surface area contributed by atoms with Crippen LogP contribution >= 0.6 is 31.9 Å². The van der Waals surface area contributed by atoms with Gasteiger partial charge in [0.05, 0.1) is 16.6 Å². The summed E-state index contributed by atoms with van der Waals surface area (Å²) in [5.41, 5.74) is 1.53. The zero-order valence-corrected chi connectivity index (χ0v) is 13.5. The molecule has 0 radical (unpaired) electrons. The van der Waals surface area contributed by atoms with Crippen molar-refractivity contribution in [3.8, 4) is 0 Å². The second kappa shape index (κ2) is 5.96. The van der Waals surface area contributed by atoms with Crippen LogP contribution < -0.4 is 5.32 Å². The molecule has 0 spiro atoms. The maximum Gasteiger partial charge on any atom is 0.254 e. The van der Waals surface area contributed by atoms with E-state index in [1.54, 1.807) is 18.5 Å². The third-order valence-corrected chi connectivity index (χ3v) is 5.22. The summed E-state index contributed by atoms with van der Waals surface area (Å²) in [6, 6.07) is 5.41. The van der Waals surface area contributed by atoms with Crippen molar-refractivity contribution in [1.29, 1.82) is 0 Å². The Morgan fingerprint density at radius 3 is 2.63 bits per heavy atom. The van der Waals surface area contributed by atoms with Gasteiger partial charge in [0.1, 0.15) is 5.52 Å². The Bertz CT molecular complexity index is 594.